The first kappa shape index (κ1) is 14.6. The van der Waals surface area contributed by atoms with Gasteiger partial charge in [-0.1, -0.05) is 31.0 Å². The van der Waals surface area contributed by atoms with Crippen LogP contribution in [0.1, 0.15) is 31.7 Å². The number of ether oxygens (including phenoxy) is 1. The van der Waals surface area contributed by atoms with Crippen molar-refractivity contribution in [3.05, 3.63) is 36.8 Å². The molecule has 3 heteroatoms. The molecule has 0 aliphatic rings. The van der Waals surface area contributed by atoms with Crippen LogP contribution in [0.3, 0.4) is 0 Å². The summed E-state index contributed by atoms with van der Waals surface area (Å²) in [5.41, 5.74) is 2.01. The molecule has 1 aromatic carbocycles. The first-order valence-electron chi connectivity index (χ1n) is 6.35. The number of amides is 1. The van der Waals surface area contributed by atoms with Crippen molar-refractivity contribution in [1.82, 2.24) is 0 Å². The number of rotatable bonds is 5. The zero-order valence-corrected chi connectivity index (χ0v) is 11.5. The Bertz CT molecular complexity index is 373. The molecule has 0 aliphatic heterocycles. The second kappa shape index (κ2) is 7.04. The lowest BCUT2D eigenvalue weighted by Crippen LogP contribution is -2.30. The van der Waals surface area contributed by atoms with E-state index in [-0.39, 0.29) is 12.2 Å². The van der Waals surface area contributed by atoms with E-state index >= 15 is 0 Å². The van der Waals surface area contributed by atoms with E-state index in [9.17, 15) is 4.79 Å². The highest BCUT2D eigenvalue weighted by atomic mass is 16.6. The Balaban J connectivity index is 2.53. The number of nitrogens with zero attached hydrogens (tertiary/aromatic N) is 1. The highest BCUT2D eigenvalue weighted by Gasteiger charge is 2.15. The Hall–Kier alpha value is -1.51. The van der Waals surface area contributed by atoms with Gasteiger partial charge in [0.25, 0.3) is 0 Å². The molecule has 0 N–H and O–H groups in total. The van der Waals surface area contributed by atoms with Gasteiger partial charge < -0.3 is 4.74 Å². The van der Waals surface area contributed by atoms with Crippen molar-refractivity contribution in [1.29, 1.82) is 0 Å². The topological polar surface area (TPSA) is 29.5 Å². The second-order valence-electron chi connectivity index (χ2n) is 4.58. The minimum absolute atomic E-state index is 0.0628. The monoisotopic (exact) mass is 248 g/mol. The van der Waals surface area contributed by atoms with Crippen molar-refractivity contribution in [2.45, 2.75) is 39.2 Å². The summed E-state index contributed by atoms with van der Waals surface area (Å²) >= 11 is 0. The maximum absolute atomic E-state index is 11.9. The molecule has 1 unspecified atom stereocenters. The Kier molecular flexibility index (Phi) is 5.69. The van der Waals surface area contributed by atoms with Crippen LogP contribution in [-0.2, 0) is 4.74 Å². The average Bonchev–Trinajstić information content (AvgIpc) is 2.36. The summed E-state index contributed by atoms with van der Waals surface area (Å²) in [7, 11) is 1.72. The van der Waals surface area contributed by atoms with Gasteiger partial charge in [-0.15, -0.1) is 0 Å². The van der Waals surface area contributed by atoms with Crippen LogP contribution >= 0.6 is 0 Å². The number of aryl methyl sites for hydroxylation is 1. The molecule has 0 fully saturated rings. The number of unbranched alkanes of at least 4 members (excludes halogenated alkanes) is 1. The SMILES string of the molecule is [CH2]CCCC(C)OC(=O)N(C)c1ccc(C)cc1. The fraction of sp³-hybridized carbons (Fsp3) is 0.467. The highest BCUT2D eigenvalue weighted by Crippen LogP contribution is 2.15. The van der Waals surface area contributed by atoms with Crippen LogP contribution in [0.15, 0.2) is 24.3 Å². The molecule has 1 radical (unpaired) electrons. The van der Waals surface area contributed by atoms with Crippen molar-refractivity contribution in [2.75, 3.05) is 11.9 Å². The van der Waals surface area contributed by atoms with Crippen LogP contribution in [0, 0.1) is 13.8 Å². The molecule has 0 saturated carbocycles. The quantitative estimate of drug-likeness (QED) is 0.789. The van der Waals surface area contributed by atoms with Gasteiger partial charge in [-0.05, 0) is 38.8 Å². The van der Waals surface area contributed by atoms with Gasteiger partial charge in [-0.2, -0.15) is 0 Å². The number of hydrogen-bond donors (Lipinski definition) is 0. The standard InChI is InChI=1S/C15H22NO2/c1-5-6-7-13(3)18-15(17)16(4)14-10-8-12(2)9-11-14/h8-11,13H,1,5-7H2,2-4H3. The van der Waals surface area contributed by atoms with E-state index in [1.807, 2.05) is 38.1 Å². The van der Waals surface area contributed by atoms with Gasteiger partial charge in [0, 0.05) is 12.7 Å². The molecule has 3 nitrogen and oxygen atoms in total. The highest BCUT2D eigenvalue weighted by molar-refractivity contribution is 5.87. The maximum atomic E-state index is 11.9. The molecule has 0 aliphatic carbocycles. The van der Waals surface area contributed by atoms with Crippen LogP contribution in [0.25, 0.3) is 0 Å². The van der Waals surface area contributed by atoms with Gasteiger partial charge >= 0.3 is 6.09 Å². The van der Waals surface area contributed by atoms with Crippen molar-refractivity contribution in [3.63, 3.8) is 0 Å². The zero-order chi connectivity index (χ0) is 13.5. The summed E-state index contributed by atoms with van der Waals surface area (Å²) in [5.74, 6) is 0. The molecular formula is C15H22NO2. The Labute approximate surface area is 110 Å². The minimum Gasteiger partial charge on any atom is -0.446 e. The van der Waals surface area contributed by atoms with Gasteiger partial charge in [0.1, 0.15) is 6.10 Å². The Morgan fingerprint density at radius 2 is 2.00 bits per heavy atom. The van der Waals surface area contributed by atoms with E-state index < -0.39 is 0 Å². The third-order valence-corrected chi connectivity index (χ3v) is 2.86. The molecule has 1 amide bonds. The molecule has 0 spiro atoms. The molecule has 1 aromatic rings. The van der Waals surface area contributed by atoms with Crippen LogP contribution in [0.4, 0.5) is 10.5 Å². The molecule has 99 valence electrons. The molecule has 0 saturated heterocycles. The van der Waals surface area contributed by atoms with E-state index in [2.05, 4.69) is 6.92 Å². The van der Waals surface area contributed by atoms with Crippen LogP contribution in [0.5, 0.6) is 0 Å². The van der Waals surface area contributed by atoms with Gasteiger partial charge in [0.05, 0.1) is 0 Å². The lowest BCUT2D eigenvalue weighted by molar-refractivity contribution is 0.109. The largest absolute Gasteiger partial charge is 0.446 e. The zero-order valence-electron chi connectivity index (χ0n) is 11.5. The number of benzene rings is 1. The van der Waals surface area contributed by atoms with Gasteiger partial charge in [0.2, 0.25) is 0 Å². The first-order chi connectivity index (χ1) is 8.54. The predicted octanol–water partition coefficient (Wildman–Crippen LogP) is 3.96. The fourth-order valence-electron chi connectivity index (χ4n) is 1.62. The number of anilines is 1. The van der Waals surface area contributed by atoms with E-state index in [0.717, 1.165) is 24.9 Å². The fourth-order valence-corrected chi connectivity index (χ4v) is 1.62. The van der Waals surface area contributed by atoms with Crippen LogP contribution in [0.2, 0.25) is 0 Å². The number of hydrogen-bond acceptors (Lipinski definition) is 2. The Morgan fingerprint density at radius 1 is 1.39 bits per heavy atom. The summed E-state index contributed by atoms with van der Waals surface area (Å²) in [6.07, 6.45) is 2.33. The summed E-state index contributed by atoms with van der Waals surface area (Å²) in [6.45, 7) is 7.71. The number of carbonyl (C=O) groups excluding carboxylic acids is 1. The van der Waals surface area contributed by atoms with Crippen molar-refractivity contribution in [2.24, 2.45) is 0 Å². The number of carbonyl (C=O) groups is 1. The molecule has 1 atom stereocenters. The lowest BCUT2D eigenvalue weighted by atomic mass is 10.2. The maximum Gasteiger partial charge on any atom is 0.414 e. The molecule has 0 aromatic heterocycles. The second-order valence-corrected chi connectivity index (χ2v) is 4.58. The molecule has 0 heterocycles. The summed E-state index contributed by atoms with van der Waals surface area (Å²) in [4.78, 5) is 13.4. The van der Waals surface area contributed by atoms with E-state index in [1.54, 1.807) is 7.05 Å². The summed E-state index contributed by atoms with van der Waals surface area (Å²) < 4.78 is 5.36. The van der Waals surface area contributed by atoms with Gasteiger partial charge in [-0.25, -0.2) is 4.79 Å². The summed E-state index contributed by atoms with van der Waals surface area (Å²) in [6, 6.07) is 7.78. The summed E-state index contributed by atoms with van der Waals surface area (Å²) in [5, 5.41) is 0. The van der Waals surface area contributed by atoms with Crippen LogP contribution in [-0.4, -0.2) is 19.2 Å². The smallest absolute Gasteiger partial charge is 0.414 e. The van der Waals surface area contributed by atoms with Crippen molar-refractivity contribution < 1.29 is 9.53 Å². The minimum atomic E-state index is -0.310. The molecule has 18 heavy (non-hydrogen) atoms. The van der Waals surface area contributed by atoms with Crippen molar-refractivity contribution >= 4 is 11.8 Å². The van der Waals surface area contributed by atoms with E-state index in [0.29, 0.717) is 0 Å². The molecule has 1 rings (SSSR count). The molecule has 0 bridgehead atoms. The third-order valence-electron chi connectivity index (χ3n) is 2.86. The van der Waals surface area contributed by atoms with Gasteiger partial charge in [0.15, 0.2) is 0 Å². The first-order valence-corrected chi connectivity index (χ1v) is 6.35. The van der Waals surface area contributed by atoms with Gasteiger partial charge in [-0.3, -0.25) is 4.90 Å². The Morgan fingerprint density at radius 3 is 2.56 bits per heavy atom. The van der Waals surface area contributed by atoms with E-state index in [4.69, 9.17) is 4.74 Å². The molecular weight excluding hydrogens is 226 g/mol. The average molecular weight is 248 g/mol. The third kappa shape index (κ3) is 4.40. The van der Waals surface area contributed by atoms with Crippen molar-refractivity contribution in [3.8, 4) is 0 Å². The lowest BCUT2D eigenvalue weighted by Gasteiger charge is -2.20. The van der Waals surface area contributed by atoms with Crippen LogP contribution < -0.4 is 4.90 Å². The predicted molar refractivity (Wildman–Crippen MR) is 74.7 cm³/mol. The normalized spacial score (nSPS) is 12.0. The van der Waals surface area contributed by atoms with E-state index in [1.165, 1.54) is 10.5 Å².